The fourth-order valence-corrected chi connectivity index (χ4v) is 3.71. The average molecular weight is 398 g/mol. The van der Waals surface area contributed by atoms with Gasteiger partial charge >= 0.3 is 0 Å². The van der Waals surface area contributed by atoms with Gasteiger partial charge in [0.05, 0.1) is 0 Å². The van der Waals surface area contributed by atoms with E-state index >= 15 is 0 Å². The summed E-state index contributed by atoms with van der Waals surface area (Å²) in [6.07, 6.45) is 9.63. The Morgan fingerprint density at radius 2 is 1.79 bits per heavy atom. The van der Waals surface area contributed by atoms with Crippen molar-refractivity contribution >= 4 is 11.6 Å². The van der Waals surface area contributed by atoms with Gasteiger partial charge in [0, 0.05) is 52.0 Å². The number of piperidine rings is 1. The van der Waals surface area contributed by atoms with Crippen LogP contribution in [0.4, 0.5) is 5.69 Å². The average Bonchev–Trinajstić information content (AvgIpc) is 3.27. The van der Waals surface area contributed by atoms with Gasteiger partial charge in [0.2, 0.25) is 0 Å². The van der Waals surface area contributed by atoms with Crippen LogP contribution in [-0.4, -0.2) is 58.9 Å². The largest absolute Gasteiger partial charge is 0.372 e. The minimum Gasteiger partial charge on any atom is -0.372 e. The Balaban J connectivity index is 1.48. The molecule has 1 fully saturated rings. The molecule has 1 aliphatic heterocycles. The Labute approximate surface area is 174 Å². The number of aromatic nitrogens is 3. The second-order valence-corrected chi connectivity index (χ2v) is 7.71. The molecule has 2 aromatic rings. The summed E-state index contributed by atoms with van der Waals surface area (Å²) in [4.78, 5) is 9.51. The lowest BCUT2D eigenvalue weighted by molar-refractivity contribution is 0.475. The second-order valence-electron chi connectivity index (χ2n) is 7.71. The molecular weight excluding hydrogens is 362 g/mol. The lowest BCUT2D eigenvalue weighted by Crippen LogP contribution is -2.38. The van der Waals surface area contributed by atoms with Crippen LogP contribution in [0.2, 0.25) is 0 Å². The Hall–Kier alpha value is -2.57. The first-order valence-corrected chi connectivity index (χ1v) is 10.9. The lowest BCUT2D eigenvalue weighted by Gasteiger charge is -2.29. The highest BCUT2D eigenvalue weighted by molar-refractivity contribution is 5.79. The number of rotatable bonds is 9. The molecule has 1 aromatic carbocycles. The first-order valence-electron chi connectivity index (χ1n) is 10.9. The van der Waals surface area contributed by atoms with E-state index < -0.39 is 0 Å². The van der Waals surface area contributed by atoms with E-state index in [4.69, 9.17) is 4.99 Å². The highest BCUT2D eigenvalue weighted by Crippen LogP contribution is 2.20. The molecule has 0 amide bonds. The molecule has 7 nitrogen and oxygen atoms in total. The molecule has 0 spiro atoms. The summed E-state index contributed by atoms with van der Waals surface area (Å²) >= 11 is 0. The predicted molar refractivity (Wildman–Crippen MR) is 119 cm³/mol. The molecule has 29 heavy (non-hydrogen) atoms. The van der Waals surface area contributed by atoms with E-state index in [9.17, 15) is 0 Å². The number of guanidine groups is 1. The van der Waals surface area contributed by atoms with E-state index in [1.807, 2.05) is 4.57 Å². The van der Waals surface area contributed by atoms with Crippen molar-refractivity contribution in [2.75, 3.05) is 38.1 Å². The van der Waals surface area contributed by atoms with Crippen molar-refractivity contribution < 1.29 is 0 Å². The van der Waals surface area contributed by atoms with Crippen LogP contribution in [0.25, 0.3) is 0 Å². The minimum absolute atomic E-state index is 0.822. The lowest BCUT2D eigenvalue weighted by atomic mass is 10.1. The Bertz CT molecular complexity index is 718. The first-order chi connectivity index (χ1) is 14.3. The number of aliphatic imine (C=N–C) groups is 1. The summed E-state index contributed by atoms with van der Waals surface area (Å²) in [7, 11) is 2.11. The monoisotopic (exact) mass is 397 g/mol. The highest BCUT2D eigenvalue weighted by Gasteiger charge is 2.11. The molecule has 2 heterocycles. The van der Waals surface area contributed by atoms with Gasteiger partial charge in [-0.05, 0) is 56.7 Å². The molecule has 0 atom stereocenters. The topological polar surface area (TPSA) is 61.6 Å². The molecule has 1 aliphatic rings. The van der Waals surface area contributed by atoms with E-state index in [1.54, 1.807) is 12.7 Å². The van der Waals surface area contributed by atoms with E-state index in [1.165, 1.54) is 43.6 Å². The standard InChI is InChI=1S/C22H35N7/c1-3-23-22(24-13-5-8-14-28-18-25-26-19-28)27(2)17-20-9-11-21(12-10-20)29-15-6-4-7-16-29/h9-12,18-19H,3-8,13-17H2,1-2H3,(H,23,24). The maximum atomic E-state index is 4.80. The maximum Gasteiger partial charge on any atom is 0.193 e. The summed E-state index contributed by atoms with van der Waals surface area (Å²) < 4.78 is 2.01. The Morgan fingerprint density at radius 3 is 2.48 bits per heavy atom. The van der Waals surface area contributed by atoms with Crippen LogP contribution in [-0.2, 0) is 13.1 Å². The quantitative estimate of drug-likeness (QED) is 0.400. The van der Waals surface area contributed by atoms with Gasteiger partial charge in [0.1, 0.15) is 12.7 Å². The number of unbranched alkanes of at least 4 members (excludes halogenated alkanes) is 1. The van der Waals surface area contributed by atoms with Crippen LogP contribution < -0.4 is 10.2 Å². The van der Waals surface area contributed by atoms with Crippen molar-refractivity contribution in [1.29, 1.82) is 0 Å². The molecule has 0 unspecified atom stereocenters. The van der Waals surface area contributed by atoms with Crippen LogP contribution in [0.1, 0.15) is 44.6 Å². The smallest absolute Gasteiger partial charge is 0.193 e. The Kier molecular flexibility index (Phi) is 8.34. The zero-order valence-corrected chi connectivity index (χ0v) is 17.9. The second kappa shape index (κ2) is 11.4. The molecule has 3 rings (SSSR count). The molecule has 0 radical (unpaired) electrons. The summed E-state index contributed by atoms with van der Waals surface area (Å²) in [6, 6.07) is 9.04. The van der Waals surface area contributed by atoms with Gasteiger partial charge in [0.15, 0.2) is 5.96 Å². The van der Waals surface area contributed by atoms with Crippen LogP contribution in [0.3, 0.4) is 0 Å². The van der Waals surface area contributed by atoms with Gasteiger partial charge in [0.25, 0.3) is 0 Å². The van der Waals surface area contributed by atoms with Crippen LogP contribution >= 0.6 is 0 Å². The van der Waals surface area contributed by atoms with E-state index in [0.29, 0.717) is 0 Å². The zero-order chi connectivity index (χ0) is 20.3. The fraction of sp³-hybridized carbons (Fsp3) is 0.591. The third-order valence-corrected chi connectivity index (χ3v) is 5.33. The van der Waals surface area contributed by atoms with Crippen LogP contribution in [0, 0.1) is 0 Å². The van der Waals surface area contributed by atoms with Gasteiger partial charge < -0.3 is 19.7 Å². The number of hydrogen-bond acceptors (Lipinski definition) is 4. The number of benzene rings is 1. The molecule has 1 saturated heterocycles. The highest BCUT2D eigenvalue weighted by atomic mass is 15.3. The van der Waals surface area contributed by atoms with Gasteiger partial charge in [-0.25, -0.2) is 0 Å². The number of nitrogens with zero attached hydrogens (tertiary/aromatic N) is 6. The van der Waals surface area contributed by atoms with Crippen molar-refractivity contribution in [3.63, 3.8) is 0 Å². The number of aryl methyl sites for hydroxylation is 1. The van der Waals surface area contributed by atoms with Crippen molar-refractivity contribution in [2.24, 2.45) is 4.99 Å². The summed E-state index contributed by atoms with van der Waals surface area (Å²) in [5.74, 6) is 0.969. The summed E-state index contributed by atoms with van der Waals surface area (Å²) in [6.45, 7) is 7.98. The van der Waals surface area contributed by atoms with Crippen molar-refractivity contribution in [3.05, 3.63) is 42.5 Å². The number of nitrogens with one attached hydrogen (secondary N) is 1. The molecule has 0 aliphatic carbocycles. The molecule has 0 bridgehead atoms. The van der Waals surface area contributed by atoms with Crippen molar-refractivity contribution in [2.45, 2.75) is 52.1 Å². The SMILES string of the molecule is CCNC(=NCCCCn1cnnc1)N(C)Cc1ccc(N2CCCCC2)cc1. The third-order valence-electron chi connectivity index (χ3n) is 5.33. The molecule has 0 saturated carbocycles. The predicted octanol–water partition coefficient (Wildman–Crippen LogP) is 3.15. The zero-order valence-electron chi connectivity index (χ0n) is 17.9. The Morgan fingerprint density at radius 1 is 1.07 bits per heavy atom. The van der Waals surface area contributed by atoms with Gasteiger partial charge in [-0.3, -0.25) is 4.99 Å². The molecular formula is C22H35N7. The number of hydrogen-bond donors (Lipinski definition) is 1. The number of anilines is 1. The van der Waals surface area contributed by atoms with Gasteiger partial charge in [-0.15, -0.1) is 10.2 Å². The first kappa shape index (κ1) is 21.1. The summed E-state index contributed by atoms with van der Waals surface area (Å²) in [5.41, 5.74) is 2.66. The molecule has 1 aromatic heterocycles. The van der Waals surface area contributed by atoms with Crippen LogP contribution in [0.5, 0.6) is 0 Å². The molecule has 7 heteroatoms. The summed E-state index contributed by atoms with van der Waals surface area (Å²) in [5, 5.41) is 11.1. The molecule has 158 valence electrons. The third kappa shape index (κ3) is 6.76. The molecule has 1 N–H and O–H groups in total. The van der Waals surface area contributed by atoms with E-state index in [2.05, 4.69) is 63.6 Å². The van der Waals surface area contributed by atoms with Gasteiger partial charge in [-0.2, -0.15) is 0 Å². The maximum absolute atomic E-state index is 4.80. The normalized spacial score (nSPS) is 14.8. The van der Waals surface area contributed by atoms with E-state index in [-0.39, 0.29) is 0 Å². The van der Waals surface area contributed by atoms with Crippen molar-refractivity contribution in [3.8, 4) is 0 Å². The van der Waals surface area contributed by atoms with E-state index in [0.717, 1.165) is 45.0 Å². The van der Waals surface area contributed by atoms with Crippen LogP contribution in [0.15, 0.2) is 41.9 Å². The fourth-order valence-electron chi connectivity index (χ4n) is 3.71. The van der Waals surface area contributed by atoms with Gasteiger partial charge in [-0.1, -0.05) is 12.1 Å². The minimum atomic E-state index is 0.822. The van der Waals surface area contributed by atoms with Crippen molar-refractivity contribution in [1.82, 2.24) is 25.0 Å².